The summed E-state index contributed by atoms with van der Waals surface area (Å²) < 4.78 is 17.0. The Morgan fingerprint density at radius 2 is 2.06 bits per heavy atom. The number of ether oxygens (including phenoxy) is 3. The number of aromatic amines is 1. The highest BCUT2D eigenvalue weighted by Crippen LogP contribution is 2.36. The second-order valence-electron chi connectivity index (χ2n) is 6.25. The summed E-state index contributed by atoms with van der Waals surface area (Å²) in [7, 11) is 3.02. The number of aromatic nitrogens is 3. The average Bonchev–Trinajstić information content (AvgIpc) is 3.26. The molecule has 11 heteroatoms. The highest BCUT2D eigenvalue weighted by Gasteiger charge is 2.18. The molecule has 0 radical (unpaired) electrons. The number of carboxylic acids is 1. The van der Waals surface area contributed by atoms with Crippen LogP contribution in [0.25, 0.3) is 17.5 Å². The molecule has 0 unspecified atom stereocenters. The Morgan fingerprint density at radius 3 is 2.73 bits per heavy atom. The predicted octanol–water partition coefficient (Wildman–Crippen LogP) is 4.98. The lowest BCUT2D eigenvalue weighted by Gasteiger charge is -2.12. The number of nitrogens with zero attached hydrogens (tertiary/aromatic N) is 2. The Morgan fingerprint density at radius 1 is 1.30 bits per heavy atom. The zero-order chi connectivity index (χ0) is 24.0. The fourth-order valence-electron chi connectivity index (χ4n) is 2.74. The number of nitrogens with one attached hydrogen (secondary N) is 1. The summed E-state index contributed by atoms with van der Waals surface area (Å²) in [5.41, 5.74) is 1.20. The number of carbonyl (C=O) groups is 1. The van der Waals surface area contributed by atoms with Crippen LogP contribution in [0.3, 0.4) is 0 Å². The van der Waals surface area contributed by atoms with Gasteiger partial charge in [-0.25, -0.2) is 9.78 Å². The minimum absolute atomic E-state index is 0.00811. The van der Waals surface area contributed by atoms with Crippen molar-refractivity contribution in [2.45, 2.75) is 5.16 Å². The second kappa shape index (κ2) is 11.3. The van der Waals surface area contributed by atoms with Gasteiger partial charge in [-0.05, 0) is 76.3 Å². The first-order chi connectivity index (χ1) is 15.9. The van der Waals surface area contributed by atoms with Crippen LogP contribution >= 0.6 is 46.0 Å². The number of thioether (sulfide) groups is 1. The Bertz CT molecular complexity index is 1260. The number of aliphatic carboxylic acids is 1. The Kier molecular flexibility index (Phi) is 8.49. The minimum atomic E-state index is -1.13. The molecule has 33 heavy (non-hydrogen) atoms. The van der Waals surface area contributed by atoms with Crippen molar-refractivity contribution in [3.05, 3.63) is 49.4 Å². The van der Waals surface area contributed by atoms with Crippen molar-refractivity contribution in [1.82, 2.24) is 15.2 Å². The third kappa shape index (κ3) is 6.13. The highest BCUT2D eigenvalue weighted by atomic mass is 127. The van der Waals surface area contributed by atoms with Gasteiger partial charge in [-0.3, -0.25) is 5.10 Å². The van der Waals surface area contributed by atoms with Crippen LogP contribution in [-0.2, 0) is 4.79 Å². The van der Waals surface area contributed by atoms with Gasteiger partial charge in [-0.15, -0.1) is 11.5 Å². The molecule has 0 aliphatic heterocycles. The van der Waals surface area contributed by atoms with Crippen LogP contribution in [0.2, 0.25) is 5.02 Å². The number of hydrogen-bond donors (Lipinski definition) is 2. The number of carboxylic acid groups (broad SMARTS) is 1. The summed E-state index contributed by atoms with van der Waals surface area (Å²) >= 11 is 9.05. The van der Waals surface area contributed by atoms with Gasteiger partial charge in [0.2, 0.25) is 5.16 Å². The van der Waals surface area contributed by atoms with Crippen molar-refractivity contribution < 1.29 is 24.1 Å². The number of rotatable bonds is 9. The van der Waals surface area contributed by atoms with Crippen molar-refractivity contribution in [2.75, 3.05) is 20.8 Å². The molecule has 2 N–H and O–H groups in total. The molecule has 1 heterocycles. The van der Waals surface area contributed by atoms with Crippen molar-refractivity contribution in [1.29, 1.82) is 0 Å². The van der Waals surface area contributed by atoms with Gasteiger partial charge in [-0.2, -0.15) is 0 Å². The maximum Gasteiger partial charge on any atom is 0.342 e. The van der Waals surface area contributed by atoms with Gasteiger partial charge in [0, 0.05) is 5.02 Å². The summed E-state index contributed by atoms with van der Waals surface area (Å²) in [6.45, 7) is 0.0857. The number of hydrogen-bond acceptors (Lipinski definition) is 7. The van der Waals surface area contributed by atoms with E-state index in [0.717, 1.165) is 15.3 Å². The van der Waals surface area contributed by atoms with E-state index in [2.05, 4.69) is 43.7 Å². The molecule has 8 nitrogen and oxygen atoms in total. The van der Waals surface area contributed by atoms with E-state index in [4.69, 9.17) is 32.2 Å². The van der Waals surface area contributed by atoms with Crippen molar-refractivity contribution in [3.63, 3.8) is 0 Å². The van der Waals surface area contributed by atoms with E-state index in [1.54, 1.807) is 30.3 Å². The topological polar surface area (TPSA) is 107 Å². The molecule has 1 aromatic heterocycles. The summed E-state index contributed by atoms with van der Waals surface area (Å²) in [5, 5.41) is 17.4. The summed E-state index contributed by atoms with van der Waals surface area (Å²) in [4.78, 5) is 16.3. The number of H-pyrrole nitrogens is 1. The SMILES string of the molecule is C#CCOc1c(I)cc(/C=C(\Sc2n[nH]c(-c3cc(Cl)ccc3OC)n2)C(=O)O)cc1OC. The van der Waals surface area contributed by atoms with Crippen molar-refractivity contribution in [3.8, 4) is 41.0 Å². The molecule has 0 saturated heterocycles. The Labute approximate surface area is 212 Å². The summed E-state index contributed by atoms with van der Waals surface area (Å²) in [5.74, 6) is 3.15. The van der Waals surface area contributed by atoms with E-state index in [1.807, 2.05) is 0 Å². The first-order valence-corrected chi connectivity index (χ1v) is 11.5. The summed E-state index contributed by atoms with van der Waals surface area (Å²) in [6.07, 6.45) is 6.76. The van der Waals surface area contributed by atoms with Crippen LogP contribution in [0.5, 0.6) is 17.2 Å². The molecular weight excluding hydrogens is 581 g/mol. The third-order valence-corrected chi connectivity index (χ3v) is 6.06. The smallest absolute Gasteiger partial charge is 0.342 e. The van der Waals surface area contributed by atoms with Crippen LogP contribution in [0.1, 0.15) is 5.56 Å². The fourth-order valence-corrected chi connectivity index (χ4v) is 4.40. The predicted molar refractivity (Wildman–Crippen MR) is 135 cm³/mol. The largest absolute Gasteiger partial charge is 0.496 e. The number of halogens is 2. The lowest BCUT2D eigenvalue weighted by atomic mass is 10.2. The van der Waals surface area contributed by atoms with Crippen molar-refractivity contribution >= 4 is 58.0 Å². The van der Waals surface area contributed by atoms with Gasteiger partial charge in [-0.1, -0.05) is 17.5 Å². The van der Waals surface area contributed by atoms with Crippen LogP contribution in [-0.4, -0.2) is 47.1 Å². The number of methoxy groups -OCH3 is 2. The van der Waals surface area contributed by atoms with E-state index in [1.165, 1.54) is 20.3 Å². The lowest BCUT2D eigenvalue weighted by molar-refractivity contribution is -0.131. The van der Waals surface area contributed by atoms with Crippen LogP contribution in [0.15, 0.2) is 40.4 Å². The molecule has 2 aromatic carbocycles. The quantitative estimate of drug-likeness (QED) is 0.154. The first-order valence-electron chi connectivity index (χ1n) is 9.19. The molecule has 0 amide bonds. The van der Waals surface area contributed by atoms with Crippen LogP contribution < -0.4 is 14.2 Å². The van der Waals surface area contributed by atoms with E-state index < -0.39 is 5.97 Å². The van der Waals surface area contributed by atoms with E-state index >= 15 is 0 Å². The summed E-state index contributed by atoms with van der Waals surface area (Å²) in [6, 6.07) is 8.51. The normalized spacial score (nSPS) is 11.1. The average molecular weight is 598 g/mol. The fraction of sp³-hybridized carbons (Fsp3) is 0.136. The molecule has 0 fully saturated rings. The second-order valence-corrected chi connectivity index (χ2v) is 8.86. The molecule has 170 valence electrons. The maximum atomic E-state index is 11.9. The molecule has 3 rings (SSSR count). The Hall–Kier alpha value is -2.88. The molecule has 0 saturated carbocycles. The van der Waals surface area contributed by atoms with Crippen LogP contribution in [0, 0.1) is 15.9 Å². The molecule has 3 aromatic rings. The van der Waals surface area contributed by atoms with E-state index in [0.29, 0.717) is 39.2 Å². The van der Waals surface area contributed by atoms with Gasteiger partial charge in [0.1, 0.15) is 17.3 Å². The molecule has 0 atom stereocenters. The van der Waals surface area contributed by atoms with Gasteiger partial charge in [0.05, 0.1) is 23.4 Å². The van der Waals surface area contributed by atoms with Gasteiger partial charge < -0.3 is 19.3 Å². The lowest BCUT2D eigenvalue weighted by Crippen LogP contribution is -2.00. The Balaban J connectivity index is 1.91. The third-order valence-electron chi connectivity index (χ3n) is 4.14. The molecule has 0 spiro atoms. The standard InChI is InChI=1S/C22H17ClIN3O5S/c1-4-7-32-19-15(24)8-12(9-17(19)31-3)10-18(21(28)29)33-22-25-20(26-27-22)14-11-13(23)5-6-16(14)30-2/h1,5-6,8-11H,7H2,2-3H3,(H,28,29)(H,25,26,27)/b18-10-. The molecule has 0 aliphatic carbocycles. The molecular formula is C22H17ClIN3O5S. The molecule has 0 bridgehead atoms. The van der Waals surface area contributed by atoms with Gasteiger partial charge >= 0.3 is 5.97 Å². The van der Waals surface area contributed by atoms with E-state index in [-0.39, 0.29) is 16.7 Å². The number of benzene rings is 2. The zero-order valence-corrected chi connectivity index (χ0v) is 21.1. The maximum absolute atomic E-state index is 11.9. The highest BCUT2D eigenvalue weighted by molar-refractivity contribution is 14.1. The first kappa shape index (κ1) is 24.8. The van der Waals surface area contributed by atoms with Crippen molar-refractivity contribution in [2.24, 2.45) is 0 Å². The van der Waals surface area contributed by atoms with Crippen LogP contribution in [0.4, 0.5) is 0 Å². The molecule has 0 aliphatic rings. The van der Waals surface area contributed by atoms with Gasteiger partial charge in [0.15, 0.2) is 17.3 Å². The monoisotopic (exact) mass is 597 g/mol. The van der Waals surface area contributed by atoms with E-state index in [9.17, 15) is 9.90 Å². The zero-order valence-electron chi connectivity index (χ0n) is 17.4. The minimum Gasteiger partial charge on any atom is -0.496 e. The van der Waals surface area contributed by atoms with Gasteiger partial charge in [0.25, 0.3) is 0 Å². The number of terminal acetylenes is 1.